The fourth-order valence-corrected chi connectivity index (χ4v) is 3.19. The first-order valence-electron chi connectivity index (χ1n) is 6.64. The second kappa shape index (κ2) is 10.9. The summed E-state index contributed by atoms with van der Waals surface area (Å²) < 4.78 is 5.32. The summed E-state index contributed by atoms with van der Waals surface area (Å²) in [4.78, 5) is 14.2. The molecule has 0 radical (unpaired) electrons. The highest BCUT2D eigenvalue weighted by Crippen LogP contribution is 2.09. The quantitative estimate of drug-likeness (QED) is 0.763. The molecule has 2 saturated heterocycles. The molecule has 2 atom stereocenters. The number of morpholine rings is 1. The van der Waals surface area contributed by atoms with Gasteiger partial charge in [-0.05, 0) is 5.92 Å². The summed E-state index contributed by atoms with van der Waals surface area (Å²) in [7, 11) is 0. The standard InChI is InChI=1S/C12H23N3O2S.2ClH/c1-10(7-15-2-4-17-5-3-15)6-13-12(16)11-8-18-9-14-11;;/h10-11,14H,2-9H2,1H3,(H,13,16);2*1H. The number of carbonyl (C=O) groups is 1. The molecule has 0 aliphatic carbocycles. The van der Waals surface area contributed by atoms with Crippen LogP contribution >= 0.6 is 36.6 Å². The molecule has 1 amide bonds. The molecular weight excluding hydrogens is 321 g/mol. The molecular formula is C12H25Cl2N3O2S. The topological polar surface area (TPSA) is 53.6 Å². The van der Waals surface area contributed by atoms with E-state index in [0.29, 0.717) is 5.92 Å². The lowest BCUT2D eigenvalue weighted by molar-refractivity contribution is -0.122. The molecule has 0 spiro atoms. The van der Waals surface area contributed by atoms with Gasteiger partial charge in [-0.1, -0.05) is 6.92 Å². The Morgan fingerprint density at radius 3 is 2.75 bits per heavy atom. The molecule has 2 heterocycles. The normalized spacial score (nSPS) is 24.4. The molecule has 0 saturated carbocycles. The van der Waals surface area contributed by atoms with Crippen LogP contribution in [0.5, 0.6) is 0 Å². The maximum Gasteiger partial charge on any atom is 0.238 e. The van der Waals surface area contributed by atoms with Crippen molar-refractivity contribution >= 4 is 42.5 Å². The SMILES string of the molecule is CC(CNC(=O)C1CSCN1)CN1CCOCC1.Cl.Cl. The third kappa shape index (κ3) is 6.83. The van der Waals surface area contributed by atoms with E-state index in [1.807, 2.05) is 0 Å². The molecule has 20 heavy (non-hydrogen) atoms. The van der Waals surface area contributed by atoms with Crippen molar-refractivity contribution in [2.24, 2.45) is 5.92 Å². The highest BCUT2D eigenvalue weighted by Gasteiger charge is 2.22. The van der Waals surface area contributed by atoms with Gasteiger partial charge in [0, 0.05) is 37.8 Å². The number of thioether (sulfide) groups is 1. The first-order chi connectivity index (χ1) is 8.75. The van der Waals surface area contributed by atoms with Gasteiger partial charge in [0.15, 0.2) is 0 Å². The molecule has 2 rings (SSSR count). The largest absolute Gasteiger partial charge is 0.379 e. The molecule has 0 bridgehead atoms. The van der Waals surface area contributed by atoms with Crippen LogP contribution in [0, 0.1) is 5.92 Å². The van der Waals surface area contributed by atoms with E-state index >= 15 is 0 Å². The summed E-state index contributed by atoms with van der Waals surface area (Å²) in [5, 5.41) is 6.23. The number of rotatable bonds is 5. The fourth-order valence-electron chi connectivity index (χ4n) is 2.25. The van der Waals surface area contributed by atoms with Crippen LogP contribution in [0.25, 0.3) is 0 Å². The van der Waals surface area contributed by atoms with E-state index in [2.05, 4.69) is 22.5 Å². The Kier molecular flexibility index (Phi) is 11.1. The maximum atomic E-state index is 11.8. The van der Waals surface area contributed by atoms with Crippen molar-refractivity contribution in [2.75, 3.05) is 51.0 Å². The van der Waals surface area contributed by atoms with Gasteiger partial charge in [0.05, 0.1) is 19.3 Å². The predicted octanol–water partition coefficient (Wildman–Crippen LogP) is 0.577. The molecule has 8 heteroatoms. The summed E-state index contributed by atoms with van der Waals surface area (Å²) in [5.41, 5.74) is 0. The summed E-state index contributed by atoms with van der Waals surface area (Å²) in [6.07, 6.45) is 0. The first kappa shape index (κ1) is 20.3. The number of amides is 1. The predicted molar refractivity (Wildman–Crippen MR) is 88.2 cm³/mol. The highest BCUT2D eigenvalue weighted by atomic mass is 35.5. The van der Waals surface area contributed by atoms with Gasteiger partial charge >= 0.3 is 0 Å². The van der Waals surface area contributed by atoms with Gasteiger partial charge in [0.1, 0.15) is 0 Å². The van der Waals surface area contributed by atoms with Gasteiger partial charge in [-0.3, -0.25) is 15.0 Å². The minimum atomic E-state index is 0. The minimum Gasteiger partial charge on any atom is -0.379 e. The molecule has 120 valence electrons. The zero-order chi connectivity index (χ0) is 12.8. The van der Waals surface area contributed by atoms with Crippen molar-refractivity contribution in [3.63, 3.8) is 0 Å². The van der Waals surface area contributed by atoms with Crippen LogP contribution in [-0.2, 0) is 9.53 Å². The third-order valence-electron chi connectivity index (χ3n) is 3.33. The average Bonchev–Trinajstić information content (AvgIpc) is 2.91. The molecule has 5 nitrogen and oxygen atoms in total. The van der Waals surface area contributed by atoms with Gasteiger partial charge in [-0.2, -0.15) is 0 Å². The number of carbonyl (C=O) groups excluding carboxylic acids is 1. The Bertz CT molecular complexity index is 275. The van der Waals surface area contributed by atoms with Crippen molar-refractivity contribution in [2.45, 2.75) is 13.0 Å². The lowest BCUT2D eigenvalue weighted by Gasteiger charge is -2.29. The van der Waals surface area contributed by atoms with Crippen LogP contribution in [0.1, 0.15) is 6.92 Å². The van der Waals surface area contributed by atoms with Crippen LogP contribution in [0.3, 0.4) is 0 Å². The molecule has 0 aromatic carbocycles. The maximum absolute atomic E-state index is 11.8. The average molecular weight is 346 g/mol. The van der Waals surface area contributed by atoms with Crippen molar-refractivity contribution in [1.29, 1.82) is 0 Å². The van der Waals surface area contributed by atoms with E-state index in [1.54, 1.807) is 11.8 Å². The Balaban J connectivity index is 0.00000180. The van der Waals surface area contributed by atoms with Crippen molar-refractivity contribution in [3.8, 4) is 0 Å². The van der Waals surface area contributed by atoms with Crippen LogP contribution in [-0.4, -0.2) is 67.9 Å². The van der Waals surface area contributed by atoms with Gasteiger partial charge in [-0.15, -0.1) is 36.6 Å². The van der Waals surface area contributed by atoms with E-state index in [0.717, 1.165) is 51.0 Å². The van der Waals surface area contributed by atoms with E-state index in [4.69, 9.17) is 4.74 Å². The number of nitrogens with one attached hydrogen (secondary N) is 2. The molecule has 2 unspecified atom stereocenters. The smallest absolute Gasteiger partial charge is 0.238 e. The second-order valence-electron chi connectivity index (χ2n) is 5.04. The van der Waals surface area contributed by atoms with E-state index in [9.17, 15) is 4.79 Å². The Morgan fingerprint density at radius 1 is 1.45 bits per heavy atom. The van der Waals surface area contributed by atoms with Crippen LogP contribution in [0.2, 0.25) is 0 Å². The van der Waals surface area contributed by atoms with E-state index in [-0.39, 0.29) is 36.8 Å². The number of nitrogens with zero attached hydrogens (tertiary/aromatic N) is 1. The van der Waals surface area contributed by atoms with Gasteiger partial charge in [-0.25, -0.2) is 0 Å². The van der Waals surface area contributed by atoms with Crippen LogP contribution in [0.4, 0.5) is 0 Å². The Labute approximate surface area is 137 Å². The van der Waals surface area contributed by atoms with E-state index in [1.165, 1.54) is 0 Å². The van der Waals surface area contributed by atoms with Gasteiger partial charge in [0.25, 0.3) is 0 Å². The lowest BCUT2D eigenvalue weighted by Crippen LogP contribution is -2.45. The molecule has 0 aromatic heterocycles. The zero-order valence-corrected chi connectivity index (χ0v) is 14.2. The molecule has 2 aliphatic heterocycles. The lowest BCUT2D eigenvalue weighted by atomic mass is 10.1. The molecule has 0 aromatic rings. The number of hydrogen-bond acceptors (Lipinski definition) is 5. The molecule has 2 N–H and O–H groups in total. The third-order valence-corrected chi connectivity index (χ3v) is 4.27. The van der Waals surface area contributed by atoms with Crippen LogP contribution in [0.15, 0.2) is 0 Å². The second-order valence-corrected chi connectivity index (χ2v) is 6.07. The molecule has 2 fully saturated rings. The monoisotopic (exact) mass is 345 g/mol. The van der Waals surface area contributed by atoms with Gasteiger partial charge < -0.3 is 10.1 Å². The summed E-state index contributed by atoms with van der Waals surface area (Å²) >= 11 is 1.78. The Hall–Kier alpha value is 0.280. The Morgan fingerprint density at radius 2 is 2.15 bits per heavy atom. The number of halogens is 2. The fraction of sp³-hybridized carbons (Fsp3) is 0.917. The van der Waals surface area contributed by atoms with Gasteiger partial charge in [0.2, 0.25) is 5.91 Å². The summed E-state index contributed by atoms with van der Waals surface area (Å²) in [6.45, 7) is 7.69. The summed E-state index contributed by atoms with van der Waals surface area (Å²) in [6, 6.07) is 0.00517. The number of hydrogen-bond donors (Lipinski definition) is 2. The minimum absolute atomic E-state index is 0. The zero-order valence-electron chi connectivity index (χ0n) is 11.8. The van der Waals surface area contributed by atoms with Crippen LogP contribution < -0.4 is 10.6 Å². The number of ether oxygens (including phenoxy) is 1. The van der Waals surface area contributed by atoms with Crippen molar-refractivity contribution < 1.29 is 9.53 Å². The summed E-state index contributed by atoms with van der Waals surface area (Å²) in [5.74, 6) is 2.42. The van der Waals surface area contributed by atoms with Crippen molar-refractivity contribution in [3.05, 3.63) is 0 Å². The van der Waals surface area contributed by atoms with E-state index < -0.39 is 0 Å². The molecule has 2 aliphatic rings. The van der Waals surface area contributed by atoms with Crippen molar-refractivity contribution in [1.82, 2.24) is 15.5 Å². The highest BCUT2D eigenvalue weighted by molar-refractivity contribution is 7.99. The first-order valence-corrected chi connectivity index (χ1v) is 7.80.